The third-order valence-corrected chi connectivity index (χ3v) is 3.14. The summed E-state index contributed by atoms with van der Waals surface area (Å²) in [4.78, 5) is 10.7. The van der Waals surface area contributed by atoms with Gasteiger partial charge in [-0.1, -0.05) is 0 Å². The number of halogens is 1. The maximum absolute atomic E-state index is 9.30. The first-order valence-corrected chi connectivity index (χ1v) is 5.86. The van der Waals surface area contributed by atoms with Gasteiger partial charge in [0.15, 0.2) is 5.82 Å². The maximum Gasteiger partial charge on any atom is 0.155 e. The molecule has 0 bridgehead atoms. The van der Waals surface area contributed by atoms with E-state index in [-0.39, 0.29) is 6.10 Å². The summed E-state index contributed by atoms with van der Waals surface area (Å²) < 4.78 is 0.959. The number of nitrogens with zero attached hydrogens (tertiary/aromatic N) is 3. The van der Waals surface area contributed by atoms with Crippen molar-refractivity contribution in [1.82, 2.24) is 9.97 Å². The first-order valence-electron chi connectivity index (χ1n) is 5.07. The van der Waals surface area contributed by atoms with Gasteiger partial charge in [0.25, 0.3) is 0 Å². The number of rotatable bonds is 1. The molecule has 0 aliphatic carbocycles. The summed E-state index contributed by atoms with van der Waals surface area (Å²) in [7, 11) is 0. The van der Waals surface area contributed by atoms with Gasteiger partial charge in [-0.2, -0.15) is 0 Å². The zero-order chi connectivity index (χ0) is 11.1. The molecule has 0 atom stereocenters. The molecule has 3 rings (SSSR count). The Bertz CT molecular complexity index is 540. The average Bonchev–Trinajstić information content (AvgIpc) is 2.24. The second kappa shape index (κ2) is 3.68. The van der Waals surface area contributed by atoms with E-state index in [1.54, 1.807) is 12.4 Å². The van der Waals surface area contributed by atoms with Crippen LogP contribution in [0.25, 0.3) is 10.9 Å². The Morgan fingerprint density at radius 3 is 2.94 bits per heavy atom. The Hall–Kier alpha value is -1.20. The Labute approximate surface area is 101 Å². The van der Waals surface area contributed by atoms with Crippen LogP contribution in [-0.2, 0) is 0 Å². The Kier molecular flexibility index (Phi) is 2.29. The molecule has 0 aromatic carbocycles. The van der Waals surface area contributed by atoms with Crippen LogP contribution in [0.4, 0.5) is 5.82 Å². The Balaban J connectivity index is 2.11. The lowest BCUT2D eigenvalue weighted by molar-refractivity contribution is 0.141. The van der Waals surface area contributed by atoms with Crippen molar-refractivity contribution < 1.29 is 5.11 Å². The van der Waals surface area contributed by atoms with Crippen LogP contribution in [0.3, 0.4) is 0 Å². The van der Waals surface area contributed by atoms with Gasteiger partial charge in [0, 0.05) is 35.3 Å². The van der Waals surface area contributed by atoms with E-state index in [9.17, 15) is 5.11 Å². The molecule has 82 valence electrons. The van der Waals surface area contributed by atoms with Crippen LogP contribution in [0.2, 0.25) is 0 Å². The zero-order valence-corrected chi connectivity index (χ0v) is 10.1. The third-order valence-electron chi connectivity index (χ3n) is 2.71. The fourth-order valence-electron chi connectivity index (χ4n) is 1.88. The van der Waals surface area contributed by atoms with E-state index >= 15 is 0 Å². The largest absolute Gasteiger partial charge is 0.389 e. The monoisotopic (exact) mass is 279 g/mol. The summed E-state index contributed by atoms with van der Waals surface area (Å²) in [6.07, 6.45) is 3.31. The number of hydrogen-bond acceptors (Lipinski definition) is 4. The summed E-state index contributed by atoms with van der Waals surface area (Å²) in [6, 6.07) is 3.95. The van der Waals surface area contributed by atoms with E-state index in [4.69, 9.17) is 0 Å². The normalized spacial score (nSPS) is 16.5. The zero-order valence-electron chi connectivity index (χ0n) is 8.47. The highest BCUT2D eigenvalue weighted by Gasteiger charge is 2.27. The van der Waals surface area contributed by atoms with Gasteiger partial charge in [-0.15, -0.1) is 0 Å². The summed E-state index contributed by atoms with van der Waals surface area (Å²) in [5.74, 6) is 0.857. The van der Waals surface area contributed by atoms with E-state index < -0.39 is 0 Å². The molecule has 1 aliphatic rings. The standard InChI is InChI=1S/C11H10BrN3O/c12-8-3-7-1-2-13-11(10(7)14-4-8)15-5-9(16)6-15/h1-4,9,16H,5-6H2. The molecule has 0 amide bonds. The van der Waals surface area contributed by atoms with Gasteiger partial charge in [-0.25, -0.2) is 4.98 Å². The number of aliphatic hydroxyl groups is 1. The van der Waals surface area contributed by atoms with Crippen LogP contribution in [-0.4, -0.2) is 34.3 Å². The van der Waals surface area contributed by atoms with E-state index in [1.807, 2.05) is 17.0 Å². The van der Waals surface area contributed by atoms with Gasteiger partial charge in [0.2, 0.25) is 0 Å². The first-order chi connectivity index (χ1) is 7.74. The van der Waals surface area contributed by atoms with Gasteiger partial charge in [0.1, 0.15) is 5.52 Å². The highest BCUT2D eigenvalue weighted by atomic mass is 79.9. The predicted octanol–water partition coefficient (Wildman–Crippen LogP) is 1.57. The van der Waals surface area contributed by atoms with Crippen molar-refractivity contribution in [1.29, 1.82) is 0 Å². The lowest BCUT2D eigenvalue weighted by Gasteiger charge is -2.37. The van der Waals surface area contributed by atoms with E-state index in [2.05, 4.69) is 25.9 Å². The smallest absolute Gasteiger partial charge is 0.155 e. The predicted molar refractivity (Wildman–Crippen MR) is 65.5 cm³/mol. The number of fused-ring (bicyclic) bond motifs is 1. The molecular formula is C11H10BrN3O. The number of aromatic nitrogens is 2. The van der Waals surface area contributed by atoms with Crippen molar-refractivity contribution in [2.24, 2.45) is 0 Å². The minimum absolute atomic E-state index is 0.229. The lowest BCUT2D eigenvalue weighted by atomic mass is 10.1. The van der Waals surface area contributed by atoms with Crippen molar-refractivity contribution in [2.75, 3.05) is 18.0 Å². The van der Waals surface area contributed by atoms with Crippen molar-refractivity contribution in [3.63, 3.8) is 0 Å². The summed E-state index contributed by atoms with van der Waals surface area (Å²) >= 11 is 3.40. The van der Waals surface area contributed by atoms with Crippen LogP contribution in [0.5, 0.6) is 0 Å². The van der Waals surface area contributed by atoms with Crippen LogP contribution in [0.1, 0.15) is 0 Å². The average molecular weight is 280 g/mol. The minimum Gasteiger partial charge on any atom is -0.389 e. The molecule has 1 aliphatic heterocycles. The van der Waals surface area contributed by atoms with E-state index in [0.29, 0.717) is 13.1 Å². The fourth-order valence-corrected chi connectivity index (χ4v) is 2.23. The van der Waals surface area contributed by atoms with Crippen molar-refractivity contribution >= 4 is 32.7 Å². The Morgan fingerprint density at radius 2 is 2.19 bits per heavy atom. The molecule has 0 radical (unpaired) electrons. The SMILES string of the molecule is OC1CN(c2nccc3cc(Br)cnc23)C1. The molecular weight excluding hydrogens is 270 g/mol. The summed E-state index contributed by atoms with van der Waals surface area (Å²) in [5.41, 5.74) is 0.887. The molecule has 5 heteroatoms. The van der Waals surface area contributed by atoms with Crippen LogP contribution >= 0.6 is 15.9 Å². The molecule has 0 unspecified atom stereocenters. The highest BCUT2D eigenvalue weighted by Crippen LogP contribution is 2.27. The topological polar surface area (TPSA) is 49.2 Å². The van der Waals surface area contributed by atoms with Gasteiger partial charge >= 0.3 is 0 Å². The van der Waals surface area contributed by atoms with Crippen LogP contribution in [0.15, 0.2) is 29.0 Å². The fraction of sp³-hybridized carbons (Fsp3) is 0.273. The second-order valence-electron chi connectivity index (χ2n) is 3.92. The summed E-state index contributed by atoms with van der Waals surface area (Å²) in [5, 5.41) is 10.4. The van der Waals surface area contributed by atoms with E-state index in [0.717, 1.165) is 21.2 Å². The number of aliphatic hydroxyl groups excluding tert-OH is 1. The second-order valence-corrected chi connectivity index (χ2v) is 4.83. The molecule has 0 spiro atoms. The van der Waals surface area contributed by atoms with Crippen molar-refractivity contribution in [3.05, 3.63) is 29.0 Å². The number of pyridine rings is 2. The molecule has 1 N–H and O–H groups in total. The van der Waals surface area contributed by atoms with Crippen molar-refractivity contribution in [2.45, 2.75) is 6.10 Å². The molecule has 1 fully saturated rings. The molecule has 4 nitrogen and oxygen atoms in total. The van der Waals surface area contributed by atoms with Crippen LogP contribution in [0, 0.1) is 0 Å². The van der Waals surface area contributed by atoms with Gasteiger partial charge in [-0.05, 0) is 28.1 Å². The maximum atomic E-state index is 9.30. The van der Waals surface area contributed by atoms with E-state index in [1.165, 1.54) is 0 Å². The van der Waals surface area contributed by atoms with Crippen LogP contribution < -0.4 is 4.90 Å². The number of β-amino-alcohol motifs (C(OH)–C–C–N with tert-alkyl or cyclic N) is 1. The highest BCUT2D eigenvalue weighted by molar-refractivity contribution is 9.10. The molecule has 2 aromatic heterocycles. The van der Waals surface area contributed by atoms with Crippen molar-refractivity contribution in [3.8, 4) is 0 Å². The molecule has 2 aromatic rings. The lowest BCUT2D eigenvalue weighted by Crippen LogP contribution is -2.51. The quantitative estimate of drug-likeness (QED) is 0.861. The first kappa shape index (κ1) is 9.99. The van der Waals surface area contributed by atoms with Gasteiger partial charge in [0.05, 0.1) is 6.10 Å². The number of anilines is 1. The Morgan fingerprint density at radius 1 is 1.38 bits per heavy atom. The molecule has 3 heterocycles. The third kappa shape index (κ3) is 1.56. The van der Waals surface area contributed by atoms with Gasteiger partial charge < -0.3 is 10.0 Å². The van der Waals surface area contributed by atoms with Gasteiger partial charge in [-0.3, -0.25) is 4.98 Å². The molecule has 1 saturated heterocycles. The number of hydrogen-bond donors (Lipinski definition) is 1. The molecule has 16 heavy (non-hydrogen) atoms. The summed E-state index contributed by atoms with van der Waals surface area (Å²) in [6.45, 7) is 1.29. The molecule has 0 saturated carbocycles. The minimum atomic E-state index is -0.229.